The molecule has 0 fully saturated rings. The van der Waals surface area contributed by atoms with Crippen molar-refractivity contribution >= 4 is 23.9 Å². The molecule has 4 nitrogen and oxygen atoms in total. The van der Waals surface area contributed by atoms with Gasteiger partial charge in [0.05, 0.1) is 23.3 Å². The van der Waals surface area contributed by atoms with Crippen LogP contribution in [0.4, 0.5) is 0 Å². The van der Waals surface area contributed by atoms with Gasteiger partial charge in [-0.05, 0) is 25.0 Å². The third-order valence-corrected chi connectivity index (χ3v) is 5.57. The van der Waals surface area contributed by atoms with Crippen molar-refractivity contribution in [3.8, 4) is 0 Å². The number of nitrogens with zero attached hydrogens (tertiary/aromatic N) is 2. The van der Waals surface area contributed by atoms with Crippen molar-refractivity contribution in [1.29, 1.82) is 0 Å². The zero-order valence-corrected chi connectivity index (χ0v) is 16.3. The number of carbonyl (C=O) groups is 2. The lowest BCUT2D eigenvalue weighted by Gasteiger charge is -2.24. The summed E-state index contributed by atoms with van der Waals surface area (Å²) in [6.07, 6.45) is 9.51. The van der Waals surface area contributed by atoms with E-state index in [1.165, 1.54) is 55.0 Å². The summed E-state index contributed by atoms with van der Waals surface area (Å²) < 4.78 is 3.54. The summed E-state index contributed by atoms with van der Waals surface area (Å²) >= 11 is 1.31. The van der Waals surface area contributed by atoms with Gasteiger partial charge in [0, 0.05) is 13.1 Å². The van der Waals surface area contributed by atoms with Gasteiger partial charge in [-0.15, -0.1) is 0 Å². The Morgan fingerprint density at radius 1 is 0.800 bits per heavy atom. The Morgan fingerprint density at radius 2 is 1.28 bits per heavy atom. The fourth-order valence-electron chi connectivity index (χ4n) is 2.98. The van der Waals surface area contributed by atoms with Crippen LogP contribution in [0, 0.1) is 0 Å². The molecule has 0 aliphatic carbocycles. The monoisotopic (exact) mass is 362 g/mol. The maximum atomic E-state index is 12.6. The Hall–Kier alpha value is -1.33. The zero-order valence-electron chi connectivity index (χ0n) is 15.5. The summed E-state index contributed by atoms with van der Waals surface area (Å²) in [6, 6.07) is 7.10. The lowest BCUT2D eigenvalue weighted by atomic mass is 10.1. The minimum Gasteiger partial charge on any atom is -0.268 e. The summed E-state index contributed by atoms with van der Waals surface area (Å²) in [5.41, 5.74) is 1.05. The van der Waals surface area contributed by atoms with Crippen LogP contribution in [-0.2, 0) is 0 Å². The highest BCUT2D eigenvalue weighted by Gasteiger charge is 2.37. The summed E-state index contributed by atoms with van der Waals surface area (Å²) in [6.45, 7) is 6.25. The second-order valence-corrected chi connectivity index (χ2v) is 7.63. The molecule has 1 aliphatic heterocycles. The summed E-state index contributed by atoms with van der Waals surface area (Å²) in [7, 11) is 0. The number of amides is 2. The molecule has 0 unspecified atom stereocenters. The number of unbranched alkanes of at least 4 members (excludes halogenated alkanes) is 6. The Balaban J connectivity index is 1.95. The largest absolute Gasteiger partial charge is 0.272 e. The third-order valence-electron chi connectivity index (χ3n) is 4.48. The maximum Gasteiger partial charge on any atom is 0.272 e. The van der Waals surface area contributed by atoms with Crippen LogP contribution in [0.2, 0.25) is 0 Å². The molecule has 0 saturated carbocycles. The second kappa shape index (κ2) is 10.6. The molecule has 0 atom stereocenters. The molecule has 0 aromatic heterocycles. The van der Waals surface area contributed by atoms with Gasteiger partial charge in [-0.25, -0.2) is 8.61 Å². The first-order valence-electron chi connectivity index (χ1n) is 9.59. The van der Waals surface area contributed by atoms with E-state index in [1.807, 2.05) is 12.1 Å². The van der Waals surface area contributed by atoms with Gasteiger partial charge in [0.25, 0.3) is 11.8 Å². The van der Waals surface area contributed by atoms with Crippen molar-refractivity contribution in [1.82, 2.24) is 8.61 Å². The number of hydrogen-bond donors (Lipinski definition) is 0. The lowest BCUT2D eigenvalue weighted by Crippen LogP contribution is -2.30. The molecule has 138 valence electrons. The standard InChI is InChI=1S/C20H30N2O2S/c1-3-5-7-11-15-21(16-12-8-6-4-2)25-22-19(23)17-13-9-10-14-18(17)20(22)24/h9-10,13-14H,3-8,11-12,15-16H2,1-2H3. The number of fused-ring (bicyclic) bond motifs is 1. The molecule has 0 bridgehead atoms. The summed E-state index contributed by atoms with van der Waals surface area (Å²) in [5, 5.41) is 0. The fourth-order valence-corrected chi connectivity index (χ4v) is 3.98. The third kappa shape index (κ3) is 5.58. The van der Waals surface area contributed by atoms with Gasteiger partial charge >= 0.3 is 0 Å². The summed E-state index contributed by atoms with van der Waals surface area (Å²) in [4.78, 5) is 25.1. The van der Waals surface area contributed by atoms with Gasteiger partial charge in [0.2, 0.25) is 0 Å². The van der Waals surface area contributed by atoms with Crippen LogP contribution in [0.15, 0.2) is 24.3 Å². The molecule has 25 heavy (non-hydrogen) atoms. The molecular formula is C20H30N2O2S. The van der Waals surface area contributed by atoms with E-state index in [-0.39, 0.29) is 11.8 Å². The molecule has 1 heterocycles. The molecule has 0 spiro atoms. The molecule has 1 aromatic rings. The predicted octanol–water partition coefficient (Wildman–Crippen LogP) is 5.31. The average molecular weight is 363 g/mol. The Morgan fingerprint density at radius 3 is 1.72 bits per heavy atom. The van der Waals surface area contributed by atoms with E-state index in [2.05, 4.69) is 18.2 Å². The molecule has 5 heteroatoms. The van der Waals surface area contributed by atoms with Crippen LogP contribution in [-0.4, -0.2) is 33.5 Å². The van der Waals surface area contributed by atoms with Gasteiger partial charge in [-0.3, -0.25) is 9.59 Å². The van der Waals surface area contributed by atoms with Crippen LogP contribution in [0.1, 0.15) is 85.9 Å². The first kappa shape index (κ1) is 20.0. The second-order valence-electron chi connectivity index (χ2n) is 6.58. The smallest absolute Gasteiger partial charge is 0.268 e. The highest BCUT2D eigenvalue weighted by molar-refractivity contribution is 7.95. The highest BCUT2D eigenvalue weighted by Crippen LogP contribution is 2.30. The SMILES string of the molecule is CCCCCCN(CCCCCC)SN1C(=O)c2ccccc2C1=O. The number of benzene rings is 1. The minimum absolute atomic E-state index is 0.183. The maximum absolute atomic E-state index is 12.6. The topological polar surface area (TPSA) is 40.6 Å². The van der Waals surface area contributed by atoms with Gasteiger partial charge in [0.1, 0.15) is 0 Å². The normalized spacial score (nSPS) is 13.8. The van der Waals surface area contributed by atoms with Crippen LogP contribution in [0.3, 0.4) is 0 Å². The molecule has 0 radical (unpaired) electrons. The van der Waals surface area contributed by atoms with E-state index in [0.717, 1.165) is 25.9 Å². The van der Waals surface area contributed by atoms with Crippen molar-refractivity contribution in [2.75, 3.05) is 13.1 Å². The predicted molar refractivity (Wildman–Crippen MR) is 104 cm³/mol. The molecule has 1 aromatic carbocycles. The van der Waals surface area contributed by atoms with Crippen LogP contribution in [0.25, 0.3) is 0 Å². The van der Waals surface area contributed by atoms with Gasteiger partial charge in [-0.2, -0.15) is 0 Å². The van der Waals surface area contributed by atoms with Gasteiger partial charge in [-0.1, -0.05) is 64.5 Å². The Labute approximate surface area is 156 Å². The van der Waals surface area contributed by atoms with E-state index in [0.29, 0.717) is 11.1 Å². The average Bonchev–Trinajstić information content (AvgIpc) is 2.87. The molecule has 2 rings (SSSR count). The first-order chi connectivity index (χ1) is 12.2. The van der Waals surface area contributed by atoms with E-state index in [4.69, 9.17) is 0 Å². The quantitative estimate of drug-likeness (QED) is 0.287. The Kier molecular flexibility index (Phi) is 8.49. The molecule has 1 aliphatic rings. The van der Waals surface area contributed by atoms with Crippen molar-refractivity contribution in [3.05, 3.63) is 35.4 Å². The number of imide groups is 1. The summed E-state index contributed by atoms with van der Waals surface area (Å²) in [5.74, 6) is -0.365. The minimum atomic E-state index is -0.183. The Bertz CT molecular complexity index is 530. The zero-order chi connectivity index (χ0) is 18.1. The highest BCUT2D eigenvalue weighted by atomic mass is 32.2. The van der Waals surface area contributed by atoms with Crippen molar-refractivity contribution in [3.63, 3.8) is 0 Å². The molecule has 0 N–H and O–H groups in total. The molecule has 2 amide bonds. The van der Waals surface area contributed by atoms with E-state index in [1.54, 1.807) is 12.1 Å². The van der Waals surface area contributed by atoms with E-state index < -0.39 is 0 Å². The molecular weight excluding hydrogens is 332 g/mol. The van der Waals surface area contributed by atoms with Crippen molar-refractivity contribution < 1.29 is 9.59 Å². The van der Waals surface area contributed by atoms with Crippen molar-refractivity contribution in [2.24, 2.45) is 0 Å². The first-order valence-corrected chi connectivity index (χ1v) is 10.3. The van der Waals surface area contributed by atoms with Gasteiger partial charge < -0.3 is 0 Å². The molecule has 0 saturated heterocycles. The van der Waals surface area contributed by atoms with Crippen LogP contribution >= 0.6 is 12.1 Å². The van der Waals surface area contributed by atoms with E-state index >= 15 is 0 Å². The number of rotatable bonds is 12. The van der Waals surface area contributed by atoms with Crippen LogP contribution in [0.5, 0.6) is 0 Å². The van der Waals surface area contributed by atoms with Gasteiger partial charge in [0.15, 0.2) is 0 Å². The van der Waals surface area contributed by atoms with Crippen molar-refractivity contribution in [2.45, 2.75) is 65.2 Å². The lowest BCUT2D eigenvalue weighted by molar-refractivity contribution is 0.0772. The number of hydrogen-bond acceptors (Lipinski definition) is 4. The fraction of sp³-hybridized carbons (Fsp3) is 0.600. The van der Waals surface area contributed by atoms with E-state index in [9.17, 15) is 9.59 Å². The number of carbonyl (C=O) groups excluding carboxylic acids is 2. The van der Waals surface area contributed by atoms with Crippen LogP contribution < -0.4 is 0 Å².